The Hall–Kier alpha value is -6.22. The first kappa shape index (κ1) is 42.9. The molecule has 4 atom stereocenters. The lowest BCUT2D eigenvalue weighted by Gasteiger charge is -2.22. The lowest BCUT2D eigenvalue weighted by atomic mass is 9.97. The van der Waals surface area contributed by atoms with Gasteiger partial charge in [-0.3, -0.25) is 19.2 Å². The molecule has 2 aliphatic rings. The van der Waals surface area contributed by atoms with Gasteiger partial charge < -0.3 is 31.1 Å². The first-order valence-corrected chi connectivity index (χ1v) is 17.3. The molecule has 6 rings (SSSR count). The standard InChI is InChI=1S/C20H22F4N4O3.C16H14F4N4O3/c1-10-14(9-25-17(10)29)18(30)26-16-8-15(28(27-16)20(22,23)24)11-5-12(21)7-13(6-11)31-19(2,3)4;1-7-11(6-21-14(7)26)15(27)22-13-5-12(24(23-13)16(18,19)20)8-2-9(17)4-10(25)3-8/h5-8,10,14H,9H2,1-4H3,(H,25,29)(H,26,27,30);2-5,7,11,25H,6H2,1H3,(H,21,26)(H,22,23,27)/t10-,14+;7-,11+/m11/s1. The van der Waals surface area contributed by atoms with Crippen molar-refractivity contribution in [2.45, 2.75) is 52.8 Å². The fraction of sp³-hybridized carbons (Fsp3) is 0.389. The second kappa shape index (κ2) is 16.0. The van der Waals surface area contributed by atoms with Gasteiger partial charge in [-0.1, -0.05) is 13.8 Å². The summed E-state index contributed by atoms with van der Waals surface area (Å²) in [6, 6.07) is 7.64. The molecule has 0 unspecified atom stereocenters. The van der Waals surface area contributed by atoms with Crippen LogP contribution < -0.4 is 26.0 Å². The quantitative estimate of drug-likeness (QED) is 0.144. The largest absolute Gasteiger partial charge is 0.508 e. The average molecular weight is 829 g/mol. The second-order valence-corrected chi connectivity index (χ2v) is 14.4. The van der Waals surface area contributed by atoms with E-state index in [1.54, 1.807) is 27.7 Å². The van der Waals surface area contributed by atoms with Gasteiger partial charge in [0.2, 0.25) is 23.6 Å². The molecule has 58 heavy (non-hydrogen) atoms. The van der Waals surface area contributed by atoms with Crippen LogP contribution in [0.4, 0.5) is 46.8 Å². The highest BCUT2D eigenvalue weighted by molar-refractivity contribution is 5.98. The minimum Gasteiger partial charge on any atom is -0.508 e. The van der Waals surface area contributed by atoms with Crippen molar-refractivity contribution in [1.82, 2.24) is 30.2 Å². The third-order valence-electron chi connectivity index (χ3n) is 8.87. The fourth-order valence-electron chi connectivity index (χ4n) is 6.07. The molecule has 0 aliphatic carbocycles. The van der Waals surface area contributed by atoms with Crippen LogP contribution in [0.15, 0.2) is 48.5 Å². The van der Waals surface area contributed by atoms with Crippen LogP contribution in [0.2, 0.25) is 0 Å². The summed E-state index contributed by atoms with van der Waals surface area (Å²) >= 11 is 0. The van der Waals surface area contributed by atoms with Crippen molar-refractivity contribution in [3.8, 4) is 34.0 Å². The van der Waals surface area contributed by atoms with Crippen LogP contribution in [-0.2, 0) is 31.8 Å². The van der Waals surface area contributed by atoms with E-state index in [9.17, 15) is 59.4 Å². The summed E-state index contributed by atoms with van der Waals surface area (Å²) in [7, 11) is 0. The number of halogens is 8. The lowest BCUT2D eigenvalue weighted by Crippen LogP contribution is -2.28. The summed E-state index contributed by atoms with van der Waals surface area (Å²) in [5.41, 5.74) is -2.15. The third-order valence-corrected chi connectivity index (χ3v) is 8.87. The molecule has 4 amide bonds. The topological polar surface area (TPSA) is 182 Å². The Bertz CT molecular complexity index is 2210. The van der Waals surface area contributed by atoms with Crippen molar-refractivity contribution in [3.05, 3.63) is 60.2 Å². The Kier molecular flexibility index (Phi) is 11.8. The fourth-order valence-corrected chi connectivity index (χ4v) is 6.07. The number of carbonyl (C=O) groups is 4. The van der Waals surface area contributed by atoms with Crippen molar-refractivity contribution in [2.75, 3.05) is 23.7 Å². The van der Waals surface area contributed by atoms with Crippen LogP contribution in [0.1, 0.15) is 34.6 Å². The van der Waals surface area contributed by atoms with E-state index in [4.69, 9.17) is 4.74 Å². The average Bonchev–Trinajstić information content (AvgIpc) is 3.86. The van der Waals surface area contributed by atoms with Crippen LogP contribution in [0.25, 0.3) is 22.5 Å². The van der Waals surface area contributed by atoms with Crippen LogP contribution in [0.3, 0.4) is 0 Å². The number of aromatic hydroxyl groups is 1. The van der Waals surface area contributed by atoms with Crippen molar-refractivity contribution in [1.29, 1.82) is 0 Å². The first-order valence-electron chi connectivity index (χ1n) is 17.3. The van der Waals surface area contributed by atoms with Crippen LogP contribution in [-0.4, -0.2) is 67.0 Å². The highest BCUT2D eigenvalue weighted by Gasteiger charge is 2.40. The summed E-state index contributed by atoms with van der Waals surface area (Å²) in [4.78, 5) is 47.7. The zero-order valence-corrected chi connectivity index (χ0v) is 31.1. The molecular weight excluding hydrogens is 792 g/mol. The predicted octanol–water partition coefficient (Wildman–Crippen LogP) is 5.86. The predicted molar refractivity (Wildman–Crippen MR) is 188 cm³/mol. The van der Waals surface area contributed by atoms with Gasteiger partial charge in [-0.15, -0.1) is 36.5 Å². The zero-order chi connectivity index (χ0) is 43.1. The Balaban J connectivity index is 0.000000223. The minimum atomic E-state index is -4.95. The van der Waals surface area contributed by atoms with Gasteiger partial charge in [0, 0.05) is 60.3 Å². The number of hydrogen-bond acceptors (Lipinski definition) is 8. The Morgan fingerprint density at radius 2 is 1.12 bits per heavy atom. The van der Waals surface area contributed by atoms with Gasteiger partial charge in [0.1, 0.15) is 28.7 Å². The molecule has 2 saturated heterocycles. The number of benzene rings is 2. The van der Waals surface area contributed by atoms with Crippen molar-refractivity contribution in [3.63, 3.8) is 0 Å². The number of phenols is 1. The minimum absolute atomic E-state index is 0.0485. The summed E-state index contributed by atoms with van der Waals surface area (Å²) in [5.74, 6) is -7.71. The smallest absolute Gasteiger partial charge is 0.505 e. The summed E-state index contributed by atoms with van der Waals surface area (Å²) in [6.45, 7) is 8.38. The van der Waals surface area contributed by atoms with E-state index in [1.807, 2.05) is 0 Å². The van der Waals surface area contributed by atoms with Gasteiger partial charge in [0.05, 0.1) is 23.2 Å². The molecule has 2 aromatic carbocycles. The van der Waals surface area contributed by atoms with E-state index in [1.165, 1.54) is 13.0 Å². The molecule has 4 aromatic rings. The number of carbonyl (C=O) groups excluding carboxylic acids is 4. The van der Waals surface area contributed by atoms with Crippen molar-refractivity contribution >= 4 is 35.3 Å². The van der Waals surface area contributed by atoms with Gasteiger partial charge in [0.25, 0.3) is 0 Å². The molecular formula is C36H36F8N8O6. The number of alkyl halides is 6. The van der Waals surface area contributed by atoms with Crippen molar-refractivity contribution < 1.29 is 64.1 Å². The van der Waals surface area contributed by atoms with Gasteiger partial charge in [-0.05, 0) is 45.0 Å². The number of amides is 4. The third kappa shape index (κ3) is 10.0. The van der Waals surface area contributed by atoms with E-state index < -0.39 is 88.3 Å². The molecule has 22 heteroatoms. The number of rotatable bonds is 7. The van der Waals surface area contributed by atoms with E-state index in [0.717, 1.165) is 42.5 Å². The first-order chi connectivity index (χ1) is 26.8. The molecule has 0 bridgehead atoms. The number of phenolic OH excluding ortho intramolecular Hbond substituents is 1. The maximum atomic E-state index is 14.1. The van der Waals surface area contributed by atoms with E-state index in [2.05, 4.69) is 31.5 Å². The number of aromatic nitrogens is 4. The number of anilines is 2. The van der Waals surface area contributed by atoms with E-state index in [-0.39, 0.29) is 57.0 Å². The highest BCUT2D eigenvalue weighted by Crippen LogP contribution is 2.36. The normalized spacial score (nSPS) is 19.5. The summed E-state index contributed by atoms with van der Waals surface area (Å²) in [6.07, 6.45) is -9.87. The molecule has 5 N–H and O–H groups in total. The molecule has 2 aromatic heterocycles. The molecule has 0 radical (unpaired) electrons. The maximum Gasteiger partial charge on any atom is 0.505 e. The Morgan fingerprint density at radius 1 is 0.707 bits per heavy atom. The van der Waals surface area contributed by atoms with Gasteiger partial charge in [0.15, 0.2) is 11.6 Å². The summed E-state index contributed by atoms with van der Waals surface area (Å²) in [5, 5.41) is 25.8. The summed E-state index contributed by atoms with van der Waals surface area (Å²) < 4.78 is 113. The van der Waals surface area contributed by atoms with Crippen LogP contribution in [0, 0.1) is 35.3 Å². The molecule has 0 saturated carbocycles. The Morgan fingerprint density at radius 3 is 1.48 bits per heavy atom. The molecule has 312 valence electrons. The molecule has 2 fully saturated rings. The molecule has 0 spiro atoms. The van der Waals surface area contributed by atoms with E-state index in [0.29, 0.717) is 0 Å². The molecule has 2 aliphatic heterocycles. The molecule has 14 nitrogen and oxygen atoms in total. The number of hydrogen-bond donors (Lipinski definition) is 5. The van der Waals surface area contributed by atoms with Crippen molar-refractivity contribution in [2.24, 2.45) is 23.7 Å². The second-order valence-electron chi connectivity index (χ2n) is 14.4. The lowest BCUT2D eigenvalue weighted by molar-refractivity contribution is -0.211. The highest BCUT2D eigenvalue weighted by atomic mass is 19.4. The number of nitrogens with zero attached hydrogens (tertiary/aromatic N) is 4. The SMILES string of the molecule is C[C@H]1C(=O)NC[C@@H]1C(=O)Nc1cc(-c2cc(F)cc(OC(C)(C)C)c2)n(C(F)(F)F)n1.C[C@H]1C(=O)NC[C@@H]1C(=O)Nc1cc(-c2cc(O)cc(F)c2)n(C(F)(F)F)n1. The van der Waals surface area contributed by atoms with Gasteiger partial charge in [-0.2, -0.15) is 9.36 Å². The number of nitrogens with one attached hydrogen (secondary N) is 4. The van der Waals surface area contributed by atoms with Gasteiger partial charge in [-0.25, -0.2) is 8.78 Å². The monoisotopic (exact) mass is 828 g/mol. The van der Waals surface area contributed by atoms with E-state index >= 15 is 0 Å². The Labute approximate surface area is 323 Å². The van der Waals surface area contributed by atoms with Crippen LogP contribution >= 0.6 is 0 Å². The van der Waals surface area contributed by atoms with Gasteiger partial charge >= 0.3 is 12.6 Å². The van der Waals surface area contributed by atoms with Crippen LogP contribution in [0.5, 0.6) is 11.5 Å². The number of ether oxygens (including phenoxy) is 1. The maximum absolute atomic E-state index is 14.1. The molecule has 4 heterocycles. The zero-order valence-electron chi connectivity index (χ0n) is 31.1.